The third kappa shape index (κ3) is 4.10. The van der Waals surface area contributed by atoms with Crippen molar-refractivity contribution in [1.29, 1.82) is 0 Å². The summed E-state index contributed by atoms with van der Waals surface area (Å²) in [5.41, 5.74) is 1.41. The van der Waals surface area contributed by atoms with Crippen molar-refractivity contribution in [2.24, 2.45) is 0 Å². The molecule has 1 fully saturated rings. The second-order valence-corrected chi connectivity index (χ2v) is 6.19. The molecule has 22 heavy (non-hydrogen) atoms. The van der Waals surface area contributed by atoms with Gasteiger partial charge in [-0.2, -0.15) is 0 Å². The third-order valence-electron chi connectivity index (χ3n) is 4.30. The zero-order valence-corrected chi connectivity index (χ0v) is 13.7. The fourth-order valence-electron chi connectivity index (χ4n) is 3.01. The fourth-order valence-corrected chi connectivity index (χ4v) is 3.14. The summed E-state index contributed by atoms with van der Waals surface area (Å²) < 4.78 is 0. The van der Waals surface area contributed by atoms with Gasteiger partial charge >= 0.3 is 0 Å². The van der Waals surface area contributed by atoms with Crippen LogP contribution in [-0.2, 0) is 6.54 Å². The highest BCUT2D eigenvalue weighted by molar-refractivity contribution is 6.18. The van der Waals surface area contributed by atoms with E-state index in [4.69, 9.17) is 11.6 Å². The lowest BCUT2D eigenvalue weighted by molar-refractivity contribution is 0.137. The highest BCUT2D eigenvalue weighted by Gasteiger charge is 2.15. The van der Waals surface area contributed by atoms with E-state index in [0.717, 1.165) is 39.3 Å². The van der Waals surface area contributed by atoms with Gasteiger partial charge in [0.25, 0.3) is 0 Å². The lowest BCUT2D eigenvalue weighted by atomic mass is 10.1. The van der Waals surface area contributed by atoms with Crippen molar-refractivity contribution in [1.82, 2.24) is 9.80 Å². The van der Waals surface area contributed by atoms with E-state index in [2.05, 4.69) is 58.3 Å². The monoisotopic (exact) mass is 314 g/mol. The summed E-state index contributed by atoms with van der Waals surface area (Å²) in [7, 11) is 0. The quantitative estimate of drug-likeness (QED) is 0.612. The number of fused-ring (bicyclic) bond motifs is 1. The molecule has 0 unspecified atom stereocenters. The molecular formula is C19H23ClN2. The standard InChI is InChI=1S/C19H23ClN2/c20-9-3-4-10-21-11-13-22(14-12-21)16-17-7-8-18-5-1-2-6-19(18)15-17/h1-8,15H,9-14,16H2. The van der Waals surface area contributed by atoms with Crippen molar-refractivity contribution >= 4 is 22.4 Å². The number of hydrogen-bond acceptors (Lipinski definition) is 2. The van der Waals surface area contributed by atoms with Gasteiger partial charge < -0.3 is 0 Å². The lowest BCUT2D eigenvalue weighted by Gasteiger charge is -2.34. The van der Waals surface area contributed by atoms with Crippen molar-refractivity contribution in [3.8, 4) is 0 Å². The number of hydrogen-bond donors (Lipinski definition) is 0. The van der Waals surface area contributed by atoms with E-state index in [9.17, 15) is 0 Å². The molecular weight excluding hydrogens is 292 g/mol. The minimum Gasteiger partial charge on any atom is -0.297 e. The van der Waals surface area contributed by atoms with Crippen molar-refractivity contribution in [2.75, 3.05) is 38.6 Å². The third-order valence-corrected chi connectivity index (χ3v) is 4.48. The Kier molecular flexibility index (Phi) is 5.49. The van der Waals surface area contributed by atoms with Crippen LogP contribution in [0.1, 0.15) is 5.56 Å². The minimum absolute atomic E-state index is 0.613. The molecule has 1 aliphatic heterocycles. The highest BCUT2D eigenvalue weighted by Crippen LogP contribution is 2.17. The smallest absolute Gasteiger partial charge is 0.0404 e. The molecule has 1 saturated heterocycles. The summed E-state index contributed by atoms with van der Waals surface area (Å²) in [6, 6.07) is 15.4. The zero-order valence-electron chi connectivity index (χ0n) is 12.9. The summed E-state index contributed by atoms with van der Waals surface area (Å²) >= 11 is 5.66. The van der Waals surface area contributed by atoms with Gasteiger partial charge in [0.15, 0.2) is 0 Å². The first-order chi connectivity index (χ1) is 10.8. The number of alkyl halides is 1. The fraction of sp³-hybridized carbons (Fsp3) is 0.368. The van der Waals surface area contributed by atoms with Gasteiger partial charge in [-0.15, -0.1) is 11.6 Å². The van der Waals surface area contributed by atoms with Gasteiger partial charge in [-0.3, -0.25) is 9.80 Å². The van der Waals surface area contributed by atoms with Gasteiger partial charge in [0, 0.05) is 45.1 Å². The molecule has 0 N–H and O–H groups in total. The predicted molar refractivity (Wildman–Crippen MR) is 95.5 cm³/mol. The SMILES string of the molecule is ClCC=CCN1CCN(Cc2ccc3ccccc3c2)CC1. The first-order valence-electron chi connectivity index (χ1n) is 7.98. The molecule has 2 aromatic rings. The van der Waals surface area contributed by atoms with Crippen LogP contribution in [-0.4, -0.2) is 48.4 Å². The molecule has 0 atom stereocenters. The van der Waals surface area contributed by atoms with Crippen molar-refractivity contribution in [3.05, 3.63) is 60.2 Å². The molecule has 1 aliphatic rings. The molecule has 1 heterocycles. The van der Waals surface area contributed by atoms with Crippen LogP contribution >= 0.6 is 11.6 Å². The van der Waals surface area contributed by atoms with Crippen molar-refractivity contribution < 1.29 is 0 Å². The topological polar surface area (TPSA) is 6.48 Å². The van der Waals surface area contributed by atoms with Gasteiger partial charge in [0.05, 0.1) is 0 Å². The maximum atomic E-state index is 5.66. The van der Waals surface area contributed by atoms with E-state index < -0.39 is 0 Å². The first kappa shape index (κ1) is 15.5. The van der Waals surface area contributed by atoms with E-state index in [0.29, 0.717) is 5.88 Å². The predicted octanol–water partition coefficient (Wildman–Crippen LogP) is 3.75. The van der Waals surface area contributed by atoms with Crippen LogP contribution in [0.3, 0.4) is 0 Å². The number of allylic oxidation sites excluding steroid dienone is 1. The van der Waals surface area contributed by atoms with Gasteiger partial charge in [0.1, 0.15) is 0 Å². The Hall–Kier alpha value is -1.35. The summed E-state index contributed by atoms with van der Waals surface area (Å²) in [6.07, 6.45) is 4.20. The summed E-state index contributed by atoms with van der Waals surface area (Å²) in [6.45, 7) is 6.64. The van der Waals surface area contributed by atoms with Gasteiger partial charge in [0.2, 0.25) is 0 Å². The number of benzene rings is 2. The average Bonchev–Trinajstić information content (AvgIpc) is 2.57. The largest absolute Gasteiger partial charge is 0.297 e. The molecule has 0 amide bonds. The number of piperazine rings is 1. The van der Waals surface area contributed by atoms with Crippen LogP contribution in [0.5, 0.6) is 0 Å². The maximum absolute atomic E-state index is 5.66. The zero-order chi connectivity index (χ0) is 15.2. The van der Waals surface area contributed by atoms with E-state index in [-0.39, 0.29) is 0 Å². The Morgan fingerprint density at radius 1 is 0.864 bits per heavy atom. The minimum atomic E-state index is 0.613. The van der Waals surface area contributed by atoms with E-state index in [1.807, 2.05) is 6.08 Å². The molecule has 3 rings (SSSR count). The average molecular weight is 315 g/mol. The highest BCUT2D eigenvalue weighted by atomic mass is 35.5. The summed E-state index contributed by atoms with van der Waals surface area (Å²) in [5, 5.41) is 2.66. The van der Waals surface area contributed by atoms with Crippen LogP contribution in [0.2, 0.25) is 0 Å². The van der Waals surface area contributed by atoms with E-state index in [1.165, 1.54) is 16.3 Å². The van der Waals surface area contributed by atoms with Gasteiger partial charge in [-0.05, 0) is 22.4 Å². The number of nitrogens with zero attached hydrogens (tertiary/aromatic N) is 2. The van der Waals surface area contributed by atoms with E-state index >= 15 is 0 Å². The molecule has 0 radical (unpaired) electrons. The van der Waals surface area contributed by atoms with Crippen LogP contribution in [0.15, 0.2) is 54.6 Å². The molecule has 2 nitrogen and oxygen atoms in total. The second-order valence-electron chi connectivity index (χ2n) is 5.88. The molecule has 2 aromatic carbocycles. The van der Waals surface area contributed by atoms with Crippen LogP contribution in [0, 0.1) is 0 Å². The van der Waals surface area contributed by atoms with Crippen molar-refractivity contribution in [2.45, 2.75) is 6.54 Å². The van der Waals surface area contributed by atoms with Gasteiger partial charge in [-0.1, -0.05) is 48.6 Å². The van der Waals surface area contributed by atoms with E-state index in [1.54, 1.807) is 0 Å². The molecule has 0 aromatic heterocycles. The molecule has 0 spiro atoms. The normalized spacial score (nSPS) is 17.5. The second kappa shape index (κ2) is 7.77. The van der Waals surface area contributed by atoms with Gasteiger partial charge in [-0.25, -0.2) is 0 Å². The molecule has 0 bridgehead atoms. The van der Waals surface area contributed by atoms with Crippen molar-refractivity contribution in [3.63, 3.8) is 0 Å². The molecule has 0 saturated carbocycles. The number of rotatable bonds is 5. The Morgan fingerprint density at radius 2 is 1.59 bits per heavy atom. The first-order valence-corrected chi connectivity index (χ1v) is 8.52. The van der Waals surface area contributed by atoms with Crippen LogP contribution < -0.4 is 0 Å². The van der Waals surface area contributed by atoms with Crippen LogP contribution in [0.4, 0.5) is 0 Å². The van der Waals surface area contributed by atoms with Crippen LogP contribution in [0.25, 0.3) is 10.8 Å². The Morgan fingerprint density at radius 3 is 2.36 bits per heavy atom. The maximum Gasteiger partial charge on any atom is 0.0404 e. The molecule has 116 valence electrons. The molecule has 0 aliphatic carbocycles. The number of halogens is 1. The molecule has 3 heteroatoms. The summed E-state index contributed by atoms with van der Waals surface area (Å²) in [4.78, 5) is 5.03. The Bertz CT molecular complexity index is 630. The Balaban J connectivity index is 1.54. The lowest BCUT2D eigenvalue weighted by Crippen LogP contribution is -2.45. The Labute approximate surface area is 138 Å². The summed E-state index contributed by atoms with van der Waals surface area (Å²) in [5.74, 6) is 0.613.